The molecule has 0 aliphatic rings. The van der Waals surface area contributed by atoms with Crippen LogP contribution in [0.3, 0.4) is 0 Å². The van der Waals surface area contributed by atoms with Crippen LogP contribution in [-0.2, 0) is 4.79 Å². The second-order valence-corrected chi connectivity index (χ2v) is 4.67. The van der Waals surface area contributed by atoms with Crippen LogP contribution in [0, 0.1) is 0 Å². The molecule has 0 aromatic heterocycles. The summed E-state index contributed by atoms with van der Waals surface area (Å²) in [6.45, 7) is 3.74. The number of rotatable bonds is 5. The molecular weight excluding hydrogens is 206 g/mol. The summed E-state index contributed by atoms with van der Waals surface area (Å²) in [6, 6.07) is 7.99. The van der Waals surface area contributed by atoms with E-state index in [1.165, 1.54) is 4.90 Å². The molecule has 2 nitrogen and oxygen atoms in total. The fraction of sp³-hybridized carbons (Fsp3) is 0.417. The van der Waals surface area contributed by atoms with Gasteiger partial charge in [0.1, 0.15) is 0 Å². The number of carbonyl (C=O) groups excluding carboxylic acids is 1. The van der Waals surface area contributed by atoms with Crippen molar-refractivity contribution in [2.75, 3.05) is 12.8 Å². The second-order valence-electron chi connectivity index (χ2n) is 3.33. The Morgan fingerprint density at radius 2 is 2.00 bits per heavy atom. The van der Waals surface area contributed by atoms with E-state index in [1.54, 1.807) is 25.7 Å². The lowest BCUT2D eigenvalue weighted by molar-refractivity contribution is -0.119. The molecule has 1 N–H and O–H groups in total. The Balaban J connectivity index is 2.82. The summed E-state index contributed by atoms with van der Waals surface area (Å²) in [4.78, 5) is 12.6. The minimum absolute atomic E-state index is 0.147. The summed E-state index contributed by atoms with van der Waals surface area (Å²) in [5.74, 6) is 1.22. The number of hydrogen-bond donors (Lipinski definition) is 1. The van der Waals surface area contributed by atoms with Gasteiger partial charge in [0.2, 0.25) is 0 Å². The van der Waals surface area contributed by atoms with Gasteiger partial charge in [-0.15, -0.1) is 11.8 Å². The lowest BCUT2D eigenvalue weighted by Gasteiger charge is -2.13. The molecule has 1 aromatic rings. The molecule has 0 radical (unpaired) electrons. The summed E-state index contributed by atoms with van der Waals surface area (Å²) < 4.78 is 0. The van der Waals surface area contributed by atoms with Crippen LogP contribution in [0.5, 0.6) is 0 Å². The number of benzene rings is 1. The van der Waals surface area contributed by atoms with E-state index in [0.717, 1.165) is 11.3 Å². The van der Waals surface area contributed by atoms with E-state index < -0.39 is 0 Å². The summed E-state index contributed by atoms with van der Waals surface area (Å²) in [5, 5.41) is 3.01. The van der Waals surface area contributed by atoms with Crippen molar-refractivity contribution in [2.45, 2.75) is 24.8 Å². The zero-order valence-electron chi connectivity index (χ0n) is 9.41. The van der Waals surface area contributed by atoms with Crippen LogP contribution >= 0.6 is 11.8 Å². The molecule has 1 rings (SSSR count). The molecule has 1 unspecified atom stereocenters. The van der Waals surface area contributed by atoms with E-state index in [4.69, 9.17) is 0 Å². The highest BCUT2D eigenvalue weighted by Gasteiger charge is 2.13. The fourth-order valence-electron chi connectivity index (χ4n) is 1.53. The van der Waals surface area contributed by atoms with E-state index in [0.29, 0.717) is 0 Å². The first-order valence-electron chi connectivity index (χ1n) is 5.09. The van der Waals surface area contributed by atoms with Crippen molar-refractivity contribution >= 4 is 17.5 Å². The quantitative estimate of drug-likeness (QED) is 0.778. The number of nitrogens with one attached hydrogen (secondary N) is 1. The SMILES string of the molecule is CCSc1ccc(C(NC)C(C)=O)cc1. The van der Waals surface area contributed by atoms with Crippen molar-refractivity contribution in [1.82, 2.24) is 5.32 Å². The Labute approximate surface area is 95.5 Å². The Kier molecular flexibility index (Phi) is 4.85. The van der Waals surface area contributed by atoms with Gasteiger partial charge in [0, 0.05) is 4.90 Å². The molecule has 1 atom stereocenters. The number of likely N-dealkylation sites (N-methyl/N-ethyl adjacent to an activating group) is 1. The molecule has 0 saturated carbocycles. The van der Waals surface area contributed by atoms with Gasteiger partial charge in [-0.05, 0) is 37.4 Å². The van der Waals surface area contributed by atoms with Crippen molar-refractivity contribution in [3.8, 4) is 0 Å². The number of thioether (sulfide) groups is 1. The predicted molar refractivity (Wildman–Crippen MR) is 65.3 cm³/mol. The summed E-state index contributed by atoms with van der Waals surface area (Å²) >= 11 is 1.81. The molecule has 0 aliphatic heterocycles. The maximum absolute atomic E-state index is 11.3. The highest BCUT2D eigenvalue weighted by molar-refractivity contribution is 7.99. The smallest absolute Gasteiger partial charge is 0.151 e. The molecule has 0 spiro atoms. The average molecular weight is 223 g/mol. The van der Waals surface area contributed by atoms with Gasteiger partial charge in [-0.25, -0.2) is 0 Å². The Morgan fingerprint density at radius 1 is 1.40 bits per heavy atom. The first-order chi connectivity index (χ1) is 7.19. The molecule has 3 heteroatoms. The van der Waals surface area contributed by atoms with E-state index in [2.05, 4.69) is 24.4 Å². The van der Waals surface area contributed by atoms with Crippen LogP contribution in [0.2, 0.25) is 0 Å². The van der Waals surface area contributed by atoms with Gasteiger partial charge in [-0.2, -0.15) is 0 Å². The lowest BCUT2D eigenvalue weighted by Crippen LogP contribution is -2.23. The largest absolute Gasteiger partial charge is 0.307 e. The maximum Gasteiger partial charge on any atom is 0.151 e. The third-order valence-electron chi connectivity index (χ3n) is 2.22. The summed E-state index contributed by atoms with van der Waals surface area (Å²) in [5.41, 5.74) is 1.03. The van der Waals surface area contributed by atoms with Gasteiger partial charge in [0.25, 0.3) is 0 Å². The fourth-order valence-corrected chi connectivity index (χ4v) is 2.19. The van der Waals surface area contributed by atoms with Gasteiger partial charge in [0.05, 0.1) is 6.04 Å². The minimum atomic E-state index is -0.175. The lowest BCUT2D eigenvalue weighted by atomic mass is 10.0. The van der Waals surface area contributed by atoms with Gasteiger partial charge in [-0.1, -0.05) is 19.1 Å². The molecule has 0 heterocycles. The monoisotopic (exact) mass is 223 g/mol. The molecule has 1 aromatic carbocycles. The maximum atomic E-state index is 11.3. The van der Waals surface area contributed by atoms with Crippen LogP contribution in [0.1, 0.15) is 25.5 Å². The Morgan fingerprint density at radius 3 is 2.40 bits per heavy atom. The molecule has 15 heavy (non-hydrogen) atoms. The normalized spacial score (nSPS) is 12.5. The van der Waals surface area contributed by atoms with Crippen molar-refractivity contribution < 1.29 is 4.79 Å². The van der Waals surface area contributed by atoms with E-state index in [1.807, 2.05) is 12.1 Å². The van der Waals surface area contributed by atoms with Crippen molar-refractivity contribution in [1.29, 1.82) is 0 Å². The van der Waals surface area contributed by atoms with Gasteiger partial charge < -0.3 is 5.32 Å². The van der Waals surface area contributed by atoms with Crippen molar-refractivity contribution in [2.24, 2.45) is 0 Å². The van der Waals surface area contributed by atoms with Crippen molar-refractivity contribution in [3.05, 3.63) is 29.8 Å². The molecule has 82 valence electrons. The summed E-state index contributed by atoms with van der Waals surface area (Å²) in [6.07, 6.45) is 0. The van der Waals surface area contributed by atoms with Crippen LogP contribution in [0.15, 0.2) is 29.2 Å². The van der Waals surface area contributed by atoms with E-state index in [9.17, 15) is 4.79 Å². The predicted octanol–water partition coefficient (Wildman–Crippen LogP) is 2.65. The zero-order valence-corrected chi connectivity index (χ0v) is 10.2. The number of carbonyl (C=O) groups is 1. The zero-order chi connectivity index (χ0) is 11.3. The van der Waals surface area contributed by atoms with Gasteiger partial charge >= 0.3 is 0 Å². The average Bonchev–Trinajstić information content (AvgIpc) is 2.21. The van der Waals surface area contributed by atoms with Crippen molar-refractivity contribution in [3.63, 3.8) is 0 Å². The number of Topliss-reactive ketones (excluding diaryl/α,β-unsaturated/α-hetero) is 1. The first-order valence-corrected chi connectivity index (χ1v) is 6.08. The molecule has 0 saturated heterocycles. The number of hydrogen-bond acceptors (Lipinski definition) is 3. The molecule has 0 aliphatic carbocycles. The molecule has 0 amide bonds. The third-order valence-corrected chi connectivity index (χ3v) is 3.11. The summed E-state index contributed by atoms with van der Waals surface area (Å²) in [7, 11) is 1.81. The van der Waals surface area contributed by atoms with Crippen LogP contribution < -0.4 is 5.32 Å². The Hall–Kier alpha value is -0.800. The number of ketones is 1. The van der Waals surface area contributed by atoms with E-state index >= 15 is 0 Å². The topological polar surface area (TPSA) is 29.1 Å². The van der Waals surface area contributed by atoms with Crippen LogP contribution in [-0.4, -0.2) is 18.6 Å². The molecular formula is C12H17NOS. The minimum Gasteiger partial charge on any atom is -0.307 e. The standard InChI is InChI=1S/C12H17NOS/c1-4-15-11-7-5-10(6-8-11)12(13-3)9(2)14/h5-8,12-13H,4H2,1-3H3. The highest BCUT2D eigenvalue weighted by atomic mass is 32.2. The molecule has 0 fully saturated rings. The Bertz CT molecular complexity index is 321. The van der Waals surface area contributed by atoms with Gasteiger partial charge in [-0.3, -0.25) is 4.79 Å². The third kappa shape index (κ3) is 3.36. The van der Waals surface area contributed by atoms with Gasteiger partial charge in [0.15, 0.2) is 5.78 Å². The second kappa shape index (κ2) is 5.93. The molecule has 0 bridgehead atoms. The van der Waals surface area contributed by atoms with Crippen LogP contribution in [0.25, 0.3) is 0 Å². The van der Waals surface area contributed by atoms with Crippen LogP contribution in [0.4, 0.5) is 0 Å². The highest BCUT2D eigenvalue weighted by Crippen LogP contribution is 2.21. The first kappa shape index (κ1) is 12.3. The van der Waals surface area contributed by atoms with E-state index in [-0.39, 0.29) is 11.8 Å².